The quantitative estimate of drug-likeness (QED) is 0.888. The van der Waals surface area contributed by atoms with Gasteiger partial charge in [0.15, 0.2) is 0 Å². The fourth-order valence-corrected chi connectivity index (χ4v) is 3.84. The van der Waals surface area contributed by atoms with Gasteiger partial charge in [0.25, 0.3) is 5.91 Å². The van der Waals surface area contributed by atoms with E-state index in [4.69, 9.17) is 5.73 Å². The van der Waals surface area contributed by atoms with E-state index >= 15 is 0 Å². The molecule has 20 heavy (non-hydrogen) atoms. The highest BCUT2D eigenvalue weighted by Gasteiger charge is 2.35. The molecule has 1 aliphatic carbocycles. The lowest BCUT2D eigenvalue weighted by Gasteiger charge is -2.37. The monoisotopic (exact) mass is 294 g/mol. The largest absolute Gasteiger partial charge is 0.393 e. The molecule has 1 aromatic heterocycles. The lowest BCUT2D eigenvalue weighted by molar-refractivity contribution is 0.0550. The van der Waals surface area contributed by atoms with Crippen molar-refractivity contribution in [2.24, 2.45) is 17.6 Å². The van der Waals surface area contributed by atoms with Crippen LogP contribution in [0.1, 0.15) is 35.4 Å². The van der Waals surface area contributed by atoms with Crippen LogP contribution in [0.3, 0.4) is 0 Å². The summed E-state index contributed by atoms with van der Waals surface area (Å²) in [6.45, 7) is 1.36. The summed E-state index contributed by atoms with van der Waals surface area (Å²) < 4.78 is 0. The van der Waals surface area contributed by atoms with Crippen LogP contribution in [0.25, 0.3) is 0 Å². The van der Waals surface area contributed by atoms with E-state index in [0.29, 0.717) is 18.4 Å². The Kier molecular flexibility index (Phi) is 4.10. The van der Waals surface area contributed by atoms with Crippen molar-refractivity contribution in [3.63, 3.8) is 0 Å². The maximum atomic E-state index is 12.4. The van der Waals surface area contributed by atoms with Gasteiger partial charge >= 0.3 is 0 Å². The highest BCUT2D eigenvalue weighted by molar-refractivity contribution is 7.12. The third-order valence-electron chi connectivity index (χ3n) is 4.33. The highest BCUT2D eigenvalue weighted by Crippen LogP contribution is 2.36. The number of thiophene rings is 1. The fourth-order valence-electron chi connectivity index (χ4n) is 3.15. The smallest absolute Gasteiger partial charge is 0.263 e. The fraction of sp³-hybridized carbons (Fsp3) is 0.667. The van der Waals surface area contributed by atoms with Crippen LogP contribution in [0.5, 0.6) is 0 Å². The van der Waals surface area contributed by atoms with Crippen LogP contribution < -0.4 is 5.73 Å². The molecule has 4 nitrogen and oxygen atoms in total. The standard InChI is InChI=1S/C15H22N2O2S/c16-12-6-10(7-13(18)11-3-4-11)8-17(9-12)15(19)14-2-1-5-20-14/h1-2,5,10-13,18H,3-4,6-9,16H2. The predicted molar refractivity (Wildman–Crippen MR) is 79.7 cm³/mol. The van der Waals surface area contributed by atoms with Crippen molar-refractivity contribution in [2.75, 3.05) is 13.1 Å². The Morgan fingerprint density at radius 3 is 2.95 bits per heavy atom. The molecular weight excluding hydrogens is 272 g/mol. The summed E-state index contributed by atoms with van der Waals surface area (Å²) in [4.78, 5) is 15.0. The SMILES string of the molecule is NC1CC(CC(O)C2CC2)CN(C(=O)c2cccs2)C1. The number of rotatable bonds is 4. The zero-order chi connectivity index (χ0) is 14.1. The molecule has 0 bridgehead atoms. The van der Waals surface area contributed by atoms with E-state index in [0.717, 1.165) is 37.1 Å². The van der Waals surface area contributed by atoms with Gasteiger partial charge in [0, 0.05) is 19.1 Å². The molecule has 1 amide bonds. The van der Waals surface area contributed by atoms with Crippen LogP contribution in [0.15, 0.2) is 17.5 Å². The van der Waals surface area contributed by atoms with Crippen LogP contribution in [0.2, 0.25) is 0 Å². The van der Waals surface area contributed by atoms with Gasteiger partial charge in [-0.25, -0.2) is 0 Å². The number of nitrogens with two attached hydrogens (primary N) is 1. The number of hydrogen-bond donors (Lipinski definition) is 2. The first-order chi connectivity index (χ1) is 9.63. The summed E-state index contributed by atoms with van der Waals surface area (Å²) in [5.74, 6) is 0.911. The molecule has 5 heteroatoms. The topological polar surface area (TPSA) is 66.6 Å². The summed E-state index contributed by atoms with van der Waals surface area (Å²) in [7, 11) is 0. The molecule has 0 aromatic carbocycles. The lowest BCUT2D eigenvalue weighted by atomic mass is 9.88. The van der Waals surface area contributed by atoms with Gasteiger partial charge in [0.1, 0.15) is 0 Å². The van der Waals surface area contributed by atoms with Crippen molar-refractivity contribution in [2.45, 2.75) is 37.8 Å². The molecular formula is C15H22N2O2S. The molecule has 2 aliphatic rings. The minimum atomic E-state index is -0.205. The summed E-state index contributed by atoms with van der Waals surface area (Å²) in [6.07, 6.45) is 3.80. The second kappa shape index (κ2) is 5.84. The average Bonchev–Trinajstić information content (AvgIpc) is 3.13. The van der Waals surface area contributed by atoms with E-state index in [-0.39, 0.29) is 18.1 Å². The summed E-state index contributed by atoms with van der Waals surface area (Å²) in [6, 6.07) is 3.79. The van der Waals surface area contributed by atoms with Crippen molar-refractivity contribution in [1.82, 2.24) is 4.90 Å². The first-order valence-corrected chi connectivity index (χ1v) is 8.28. The molecule has 2 heterocycles. The third kappa shape index (κ3) is 3.22. The molecule has 0 radical (unpaired) electrons. The van der Waals surface area contributed by atoms with Crippen LogP contribution in [-0.4, -0.2) is 41.1 Å². The molecule has 2 fully saturated rings. The normalized spacial score (nSPS) is 28.4. The Morgan fingerprint density at radius 2 is 2.30 bits per heavy atom. The summed E-state index contributed by atoms with van der Waals surface area (Å²) >= 11 is 1.47. The van der Waals surface area contributed by atoms with Gasteiger partial charge < -0.3 is 15.7 Å². The van der Waals surface area contributed by atoms with E-state index in [2.05, 4.69) is 0 Å². The minimum absolute atomic E-state index is 0.0315. The molecule has 3 rings (SSSR count). The van der Waals surface area contributed by atoms with Crippen LogP contribution >= 0.6 is 11.3 Å². The summed E-state index contributed by atoms with van der Waals surface area (Å²) in [5.41, 5.74) is 6.10. The first kappa shape index (κ1) is 14.0. The number of carbonyl (C=O) groups is 1. The molecule has 3 atom stereocenters. The number of piperidine rings is 1. The van der Waals surface area contributed by atoms with Gasteiger partial charge in [0.05, 0.1) is 11.0 Å². The molecule has 3 unspecified atom stereocenters. The number of aliphatic hydroxyl groups is 1. The van der Waals surface area contributed by atoms with E-state index in [1.54, 1.807) is 0 Å². The second-order valence-electron chi connectivity index (χ2n) is 6.19. The first-order valence-electron chi connectivity index (χ1n) is 7.40. The number of hydrogen-bond acceptors (Lipinski definition) is 4. The van der Waals surface area contributed by atoms with Gasteiger partial charge in [-0.15, -0.1) is 11.3 Å². The van der Waals surface area contributed by atoms with Gasteiger partial charge in [-0.3, -0.25) is 4.79 Å². The Bertz CT molecular complexity index is 458. The zero-order valence-corrected chi connectivity index (χ0v) is 12.4. The lowest BCUT2D eigenvalue weighted by Crippen LogP contribution is -2.49. The average molecular weight is 294 g/mol. The minimum Gasteiger partial charge on any atom is -0.393 e. The molecule has 1 aliphatic heterocycles. The summed E-state index contributed by atoms with van der Waals surface area (Å²) in [5, 5.41) is 12.0. The zero-order valence-electron chi connectivity index (χ0n) is 11.6. The van der Waals surface area contributed by atoms with Gasteiger partial charge in [-0.2, -0.15) is 0 Å². The van der Waals surface area contributed by atoms with Crippen molar-refractivity contribution in [3.8, 4) is 0 Å². The number of nitrogens with zero attached hydrogens (tertiary/aromatic N) is 1. The van der Waals surface area contributed by atoms with Gasteiger partial charge in [-0.05, 0) is 49.0 Å². The van der Waals surface area contributed by atoms with Crippen LogP contribution in [0.4, 0.5) is 0 Å². The number of aliphatic hydroxyl groups excluding tert-OH is 1. The molecule has 1 saturated heterocycles. The Balaban J connectivity index is 1.61. The van der Waals surface area contributed by atoms with Gasteiger partial charge in [0.2, 0.25) is 0 Å². The molecule has 3 N–H and O–H groups in total. The Hall–Kier alpha value is -0.910. The predicted octanol–water partition coefficient (Wildman–Crippen LogP) is 1.70. The number of amides is 1. The van der Waals surface area contributed by atoms with Crippen molar-refractivity contribution in [3.05, 3.63) is 22.4 Å². The molecule has 1 aromatic rings. The second-order valence-corrected chi connectivity index (χ2v) is 7.14. The number of carbonyl (C=O) groups excluding carboxylic acids is 1. The number of likely N-dealkylation sites (tertiary alicyclic amines) is 1. The van der Waals surface area contributed by atoms with Crippen molar-refractivity contribution in [1.29, 1.82) is 0 Å². The van der Waals surface area contributed by atoms with E-state index < -0.39 is 0 Å². The van der Waals surface area contributed by atoms with Crippen LogP contribution in [0, 0.1) is 11.8 Å². The van der Waals surface area contributed by atoms with E-state index in [1.807, 2.05) is 22.4 Å². The van der Waals surface area contributed by atoms with Crippen LogP contribution in [-0.2, 0) is 0 Å². The third-order valence-corrected chi connectivity index (χ3v) is 5.19. The van der Waals surface area contributed by atoms with E-state index in [9.17, 15) is 9.90 Å². The molecule has 0 spiro atoms. The van der Waals surface area contributed by atoms with Gasteiger partial charge in [-0.1, -0.05) is 6.07 Å². The Morgan fingerprint density at radius 1 is 1.50 bits per heavy atom. The highest BCUT2D eigenvalue weighted by atomic mass is 32.1. The maximum Gasteiger partial charge on any atom is 0.263 e. The van der Waals surface area contributed by atoms with E-state index in [1.165, 1.54) is 11.3 Å². The molecule has 1 saturated carbocycles. The molecule has 110 valence electrons. The maximum absolute atomic E-state index is 12.4. The van der Waals surface area contributed by atoms with Crippen molar-refractivity contribution < 1.29 is 9.90 Å². The Labute approximate surface area is 123 Å². The van der Waals surface area contributed by atoms with Crippen molar-refractivity contribution >= 4 is 17.2 Å².